The third-order valence-corrected chi connectivity index (χ3v) is 3.19. The van der Waals surface area contributed by atoms with E-state index in [0.29, 0.717) is 5.69 Å². The van der Waals surface area contributed by atoms with Crippen molar-refractivity contribution in [2.24, 2.45) is 0 Å². The van der Waals surface area contributed by atoms with Crippen molar-refractivity contribution >= 4 is 11.6 Å². The smallest absolute Gasteiger partial charge is 0.272 e. The van der Waals surface area contributed by atoms with Crippen LogP contribution in [0.25, 0.3) is 0 Å². The van der Waals surface area contributed by atoms with Crippen LogP contribution in [0.1, 0.15) is 28.5 Å². The predicted octanol–water partition coefficient (Wildman–Crippen LogP) is 2.41. The average molecular weight is 282 g/mol. The molecule has 0 saturated heterocycles. The molecule has 1 aromatic carbocycles. The molecule has 108 valence electrons. The summed E-state index contributed by atoms with van der Waals surface area (Å²) in [6.45, 7) is 4.51. The standard InChI is InChI=1S/C17H18N2O2/c1-3-19-10-4-7-16(19)17(21)18-15-9-8-14(6-5-11-20)13(2)12-15/h4,7-10,12,20H,3,11H2,1-2H3,(H,18,21). The van der Waals surface area contributed by atoms with Gasteiger partial charge in [0.1, 0.15) is 12.3 Å². The van der Waals surface area contributed by atoms with Crippen molar-refractivity contribution in [3.05, 3.63) is 53.3 Å². The topological polar surface area (TPSA) is 54.3 Å². The van der Waals surface area contributed by atoms with Gasteiger partial charge in [-0.05, 0) is 49.7 Å². The van der Waals surface area contributed by atoms with E-state index < -0.39 is 0 Å². The third-order valence-electron chi connectivity index (χ3n) is 3.19. The number of anilines is 1. The summed E-state index contributed by atoms with van der Waals surface area (Å²) in [5.41, 5.74) is 3.17. The lowest BCUT2D eigenvalue weighted by Gasteiger charge is -2.09. The van der Waals surface area contributed by atoms with Gasteiger partial charge in [0, 0.05) is 24.0 Å². The first-order valence-electron chi connectivity index (χ1n) is 6.82. The molecule has 2 rings (SSSR count). The number of aliphatic hydroxyl groups excluding tert-OH is 1. The normalized spacial score (nSPS) is 9.86. The van der Waals surface area contributed by atoms with Crippen LogP contribution in [-0.2, 0) is 6.54 Å². The highest BCUT2D eigenvalue weighted by Crippen LogP contribution is 2.15. The highest BCUT2D eigenvalue weighted by atomic mass is 16.2. The van der Waals surface area contributed by atoms with E-state index in [1.165, 1.54) is 0 Å². The molecule has 0 radical (unpaired) electrons. The first-order valence-corrected chi connectivity index (χ1v) is 6.82. The predicted molar refractivity (Wildman–Crippen MR) is 83.2 cm³/mol. The molecule has 4 nitrogen and oxygen atoms in total. The van der Waals surface area contributed by atoms with Crippen molar-refractivity contribution in [1.82, 2.24) is 4.57 Å². The Hall–Kier alpha value is -2.51. The number of nitrogens with one attached hydrogen (secondary N) is 1. The third kappa shape index (κ3) is 3.53. The molecule has 0 bridgehead atoms. The largest absolute Gasteiger partial charge is 0.384 e. The summed E-state index contributed by atoms with van der Waals surface area (Å²) < 4.78 is 1.89. The summed E-state index contributed by atoms with van der Waals surface area (Å²) in [7, 11) is 0. The van der Waals surface area contributed by atoms with Gasteiger partial charge in [-0.2, -0.15) is 0 Å². The number of aliphatic hydroxyl groups is 1. The summed E-state index contributed by atoms with van der Waals surface area (Å²) in [4.78, 5) is 12.2. The maximum atomic E-state index is 12.2. The number of amides is 1. The van der Waals surface area contributed by atoms with Crippen molar-refractivity contribution in [3.8, 4) is 11.8 Å². The summed E-state index contributed by atoms with van der Waals surface area (Å²) >= 11 is 0. The van der Waals surface area contributed by atoms with E-state index in [4.69, 9.17) is 5.11 Å². The Kier molecular flexibility index (Phi) is 4.81. The zero-order valence-corrected chi connectivity index (χ0v) is 12.2. The number of carbonyl (C=O) groups is 1. The molecule has 0 saturated carbocycles. The molecule has 0 fully saturated rings. The maximum Gasteiger partial charge on any atom is 0.272 e. The molecule has 1 amide bonds. The molecule has 0 aliphatic carbocycles. The minimum absolute atomic E-state index is 0.129. The fourth-order valence-electron chi connectivity index (χ4n) is 2.11. The molecular weight excluding hydrogens is 264 g/mol. The van der Waals surface area contributed by atoms with Crippen LogP contribution in [0.15, 0.2) is 36.5 Å². The van der Waals surface area contributed by atoms with Gasteiger partial charge in [0.05, 0.1) is 0 Å². The lowest BCUT2D eigenvalue weighted by molar-refractivity contribution is 0.101. The molecule has 0 unspecified atom stereocenters. The van der Waals surface area contributed by atoms with Crippen LogP contribution in [0.5, 0.6) is 0 Å². The van der Waals surface area contributed by atoms with Gasteiger partial charge in [0.25, 0.3) is 5.91 Å². The molecule has 0 aliphatic heterocycles. The number of hydrogen-bond acceptors (Lipinski definition) is 2. The average Bonchev–Trinajstić information content (AvgIpc) is 2.95. The quantitative estimate of drug-likeness (QED) is 0.849. The van der Waals surface area contributed by atoms with E-state index in [-0.39, 0.29) is 12.5 Å². The van der Waals surface area contributed by atoms with Gasteiger partial charge < -0.3 is 15.0 Å². The van der Waals surface area contributed by atoms with E-state index in [0.717, 1.165) is 23.4 Å². The van der Waals surface area contributed by atoms with Crippen molar-refractivity contribution in [2.75, 3.05) is 11.9 Å². The molecule has 4 heteroatoms. The Morgan fingerprint density at radius 1 is 1.38 bits per heavy atom. The maximum absolute atomic E-state index is 12.2. The van der Waals surface area contributed by atoms with Gasteiger partial charge in [0.2, 0.25) is 0 Å². The number of hydrogen-bond donors (Lipinski definition) is 2. The molecule has 0 aliphatic rings. The van der Waals surface area contributed by atoms with E-state index >= 15 is 0 Å². The Labute approximate surface area is 124 Å². The summed E-state index contributed by atoms with van der Waals surface area (Å²) in [5, 5.41) is 11.6. The van der Waals surface area contributed by atoms with Gasteiger partial charge in [-0.15, -0.1) is 0 Å². The minimum atomic E-state index is -0.161. The lowest BCUT2D eigenvalue weighted by atomic mass is 10.1. The lowest BCUT2D eigenvalue weighted by Crippen LogP contribution is -2.16. The number of rotatable bonds is 3. The van der Waals surface area contributed by atoms with Crippen LogP contribution in [-0.4, -0.2) is 22.2 Å². The molecule has 1 heterocycles. The number of benzene rings is 1. The van der Waals surface area contributed by atoms with E-state index in [9.17, 15) is 4.79 Å². The first-order chi connectivity index (χ1) is 10.2. The monoisotopic (exact) mass is 282 g/mol. The zero-order valence-electron chi connectivity index (χ0n) is 12.2. The molecule has 1 aromatic heterocycles. The van der Waals surface area contributed by atoms with E-state index in [1.54, 1.807) is 6.07 Å². The van der Waals surface area contributed by atoms with E-state index in [1.807, 2.05) is 48.9 Å². The van der Waals surface area contributed by atoms with Crippen molar-refractivity contribution in [3.63, 3.8) is 0 Å². The number of aryl methyl sites for hydroxylation is 2. The minimum Gasteiger partial charge on any atom is -0.384 e. The Bertz CT molecular complexity index is 705. The van der Waals surface area contributed by atoms with Gasteiger partial charge in [-0.3, -0.25) is 4.79 Å². The first kappa shape index (κ1) is 14.9. The summed E-state index contributed by atoms with van der Waals surface area (Å²) in [5.74, 6) is 5.36. The Balaban J connectivity index is 2.17. The molecule has 0 atom stereocenters. The van der Waals surface area contributed by atoms with Crippen LogP contribution in [0.3, 0.4) is 0 Å². The molecule has 21 heavy (non-hydrogen) atoms. The molecule has 2 aromatic rings. The molecule has 2 N–H and O–H groups in total. The second kappa shape index (κ2) is 6.78. The Morgan fingerprint density at radius 3 is 2.86 bits per heavy atom. The molecular formula is C17H18N2O2. The number of aromatic nitrogens is 1. The molecule has 0 spiro atoms. The fraction of sp³-hybridized carbons (Fsp3) is 0.235. The van der Waals surface area contributed by atoms with Crippen molar-refractivity contribution in [1.29, 1.82) is 0 Å². The highest BCUT2D eigenvalue weighted by Gasteiger charge is 2.10. The van der Waals surface area contributed by atoms with Crippen molar-refractivity contribution < 1.29 is 9.90 Å². The van der Waals surface area contributed by atoms with E-state index in [2.05, 4.69) is 17.2 Å². The SMILES string of the molecule is CCn1cccc1C(=O)Nc1ccc(C#CCO)c(C)c1. The van der Waals surface area contributed by atoms with Crippen LogP contribution in [0.2, 0.25) is 0 Å². The van der Waals surface area contributed by atoms with Gasteiger partial charge >= 0.3 is 0 Å². The van der Waals surface area contributed by atoms with Crippen molar-refractivity contribution in [2.45, 2.75) is 20.4 Å². The van der Waals surface area contributed by atoms with Gasteiger partial charge in [-0.25, -0.2) is 0 Å². The second-order valence-corrected chi connectivity index (χ2v) is 4.62. The highest BCUT2D eigenvalue weighted by molar-refractivity contribution is 6.03. The van der Waals surface area contributed by atoms with Crippen LogP contribution < -0.4 is 5.32 Å². The number of carbonyl (C=O) groups excluding carboxylic acids is 1. The number of nitrogens with zero attached hydrogens (tertiary/aromatic N) is 1. The fourth-order valence-corrected chi connectivity index (χ4v) is 2.11. The van der Waals surface area contributed by atoms with Crippen LogP contribution in [0.4, 0.5) is 5.69 Å². The Morgan fingerprint density at radius 2 is 2.19 bits per heavy atom. The van der Waals surface area contributed by atoms with Crippen LogP contribution in [0, 0.1) is 18.8 Å². The zero-order chi connectivity index (χ0) is 15.2. The van der Waals surface area contributed by atoms with Gasteiger partial charge in [-0.1, -0.05) is 11.8 Å². The summed E-state index contributed by atoms with van der Waals surface area (Å²) in [6, 6.07) is 9.18. The summed E-state index contributed by atoms with van der Waals surface area (Å²) in [6.07, 6.45) is 1.88. The van der Waals surface area contributed by atoms with Gasteiger partial charge in [0.15, 0.2) is 0 Å². The second-order valence-electron chi connectivity index (χ2n) is 4.62. The van der Waals surface area contributed by atoms with Crippen LogP contribution >= 0.6 is 0 Å².